The van der Waals surface area contributed by atoms with Crippen LogP contribution in [0.5, 0.6) is 5.75 Å². The number of carbonyl (C=O) groups excluding carboxylic acids is 1. The summed E-state index contributed by atoms with van der Waals surface area (Å²) in [5, 5.41) is 9.35. The number of nitrogens with zero attached hydrogens (tertiary/aromatic N) is 3. The van der Waals surface area contributed by atoms with Crippen LogP contribution in [-0.2, 0) is 22.5 Å². The van der Waals surface area contributed by atoms with Crippen LogP contribution in [0.3, 0.4) is 0 Å². The van der Waals surface area contributed by atoms with Crippen molar-refractivity contribution >= 4 is 17.7 Å². The van der Waals surface area contributed by atoms with Crippen molar-refractivity contribution in [2.45, 2.75) is 18.1 Å². The van der Waals surface area contributed by atoms with Crippen LogP contribution in [0.25, 0.3) is 11.4 Å². The predicted octanol–water partition coefficient (Wildman–Crippen LogP) is 3.46. The van der Waals surface area contributed by atoms with E-state index in [1.54, 1.807) is 7.11 Å². The molecule has 0 bridgehead atoms. The van der Waals surface area contributed by atoms with E-state index in [-0.39, 0.29) is 11.7 Å². The number of benzene rings is 2. The zero-order chi connectivity index (χ0) is 19.1. The van der Waals surface area contributed by atoms with E-state index in [1.807, 2.05) is 47.0 Å². The molecule has 0 saturated carbocycles. The zero-order valence-electron chi connectivity index (χ0n) is 15.3. The second kappa shape index (κ2) is 9.23. The van der Waals surface area contributed by atoms with Crippen LogP contribution in [0.15, 0.2) is 59.8 Å². The van der Waals surface area contributed by atoms with Crippen molar-refractivity contribution in [3.05, 3.63) is 60.2 Å². The summed E-state index contributed by atoms with van der Waals surface area (Å²) in [7, 11) is 3.01. The molecule has 0 radical (unpaired) electrons. The number of carbonyl (C=O) groups is 1. The molecule has 0 unspecified atom stereocenters. The van der Waals surface area contributed by atoms with Gasteiger partial charge in [-0.3, -0.25) is 4.79 Å². The average molecular weight is 383 g/mol. The molecule has 0 spiro atoms. The van der Waals surface area contributed by atoms with Crippen molar-refractivity contribution in [2.24, 2.45) is 0 Å². The Hall–Kier alpha value is -2.80. The molecular formula is C20H21N3O3S. The molecule has 2 aromatic carbocycles. The Bertz CT molecular complexity index is 896. The lowest BCUT2D eigenvalue weighted by Crippen LogP contribution is -2.08. The van der Waals surface area contributed by atoms with Crippen LogP contribution < -0.4 is 4.74 Å². The van der Waals surface area contributed by atoms with E-state index in [0.29, 0.717) is 11.7 Å². The van der Waals surface area contributed by atoms with Gasteiger partial charge in [-0.25, -0.2) is 0 Å². The van der Waals surface area contributed by atoms with Crippen LogP contribution in [0, 0.1) is 0 Å². The number of hydrogen-bond donors (Lipinski definition) is 0. The molecule has 7 heteroatoms. The first-order valence-electron chi connectivity index (χ1n) is 8.53. The average Bonchev–Trinajstić information content (AvgIpc) is 3.13. The van der Waals surface area contributed by atoms with Gasteiger partial charge in [-0.2, -0.15) is 0 Å². The first-order valence-corrected chi connectivity index (χ1v) is 9.51. The zero-order valence-corrected chi connectivity index (χ0v) is 16.1. The summed E-state index contributed by atoms with van der Waals surface area (Å²) in [6.45, 7) is 0.688. The van der Waals surface area contributed by atoms with Gasteiger partial charge in [-0.15, -0.1) is 10.2 Å². The molecule has 0 atom stereocenters. The van der Waals surface area contributed by atoms with Gasteiger partial charge in [0.2, 0.25) is 0 Å². The quantitative estimate of drug-likeness (QED) is 0.438. The number of hydrogen-bond acceptors (Lipinski definition) is 6. The highest BCUT2D eigenvalue weighted by Crippen LogP contribution is 2.31. The van der Waals surface area contributed by atoms with Crippen molar-refractivity contribution in [2.75, 3.05) is 20.0 Å². The Balaban J connectivity index is 1.92. The highest BCUT2D eigenvalue weighted by Gasteiger charge is 2.18. The lowest BCUT2D eigenvalue weighted by Gasteiger charge is -2.12. The lowest BCUT2D eigenvalue weighted by atomic mass is 10.1. The van der Waals surface area contributed by atoms with Crippen molar-refractivity contribution in [3.8, 4) is 17.1 Å². The molecule has 0 N–H and O–H groups in total. The fourth-order valence-electron chi connectivity index (χ4n) is 2.69. The Kier molecular flexibility index (Phi) is 6.49. The van der Waals surface area contributed by atoms with Gasteiger partial charge in [-0.1, -0.05) is 54.2 Å². The topological polar surface area (TPSA) is 66.2 Å². The van der Waals surface area contributed by atoms with E-state index in [9.17, 15) is 4.79 Å². The van der Waals surface area contributed by atoms with Crippen molar-refractivity contribution in [1.82, 2.24) is 14.8 Å². The number of thioether (sulfide) groups is 1. The Morgan fingerprint density at radius 3 is 2.52 bits per heavy atom. The second-order valence-electron chi connectivity index (χ2n) is 5.76. The summed E-state index contributed by atoms with van der Waals surface area (Å²) in [6.07, 6.45) is 0.826. The lowest BCUT2D eigenvalue weighted by molar-refractivity contribution is -0.137. The van der Waals surface area contributed by atoms with E-state index in [4.69, 9.17) is 9.47 Å². The highest BCUT2D eigenvalue weighted by molar-refractivity contribution is 7.99. The summed E-state index contributed by atoms with van der Waals surface area (Å²) >= 11 is 1.32. The number of aromatic nitrogens is 3. The normalized spacial score (nSPS) is 10.6. The van der Waals surface area contributed by atoms with Gasteiger partial charge >= 0.3 is 5.97 Å². The van der Waals surface area contributed by atoms with Gasteiger partial charge in [0.05, 0.1) is 25.5 Å². The van der Waals surface area contributed by atoms with Crippen LogP contribution in [-0.4, -0.2) is 40.7 Å². The molecule has 1 heterocycles. The van der Waals surface area contributed by atoms with E-state index in [2.05, 4.69) is 22.3 Å². The maximum absolute atomic E-state index is 11.5. The molecule has 0 saturated heterocycles. The first-order chi connectivity index (χ1) is 13.2. The minimum absolute atomic E-state index is 0.186. The number of aryl methyl sites for hydroxylation is 1. The first kappa shape index (κ1) is 19.0. The molecule has 27 heavy (non-hydrogen) atoms. The van der Waals surface area contributed by atoms with Gasteiger partial charge in [-0.05, 0) is 24.1 Å². The maximum atomic E-state index is 11.5. The largest absolute Gasteiger partial charge is 0.496 e. The van der Waals surface area contributed by atoms with Crippen molar-refractivity contribution < 1.29 is 14.3 Å². The number of ether oxygens (including phenoxy) is 2. The van der Waals surface area contributed by atoms with E-state index < -0.39 is 0 Å². The third-order valence-corrected chi connectivity index (χ3v) is 5.02. The molecule has 140 valence electrons. The van der Waals surface area contributed by atoms with Crippen molar-refractivity contribution in [1.29, 1.82) is 0 Å². The van der Waals surface area contributed by atoms with Crippen LogP contribution >= 0.6 is 11.8 Å². The molecule has 3 aromatic rings. The molecule has 0 amide bonds. The number of methoxy groups -OCH3 is 2. The van der Waals surface area contributed by atoms with E-state index in [0.717, 1.165) is 23.6 Å². The molecule has 0 aliphatic carbocycles. The molecule has 3 rings (SSSR count). The summed E-state index contributed by atoms with van der Waals surface area (Å²) in [6, 6.07) is 17.9. The standard InChI is InChI=1S/C20H21N3O3S/c1-25-17-11-7-6-10-16(17)19-21-22-20(27-14-18(24)26-2)23(19)13-12-15-8-4-3-5-9-15/h3-11H,12-14H2,1-2H3. The molecular weight excluding hydrogens is 362 g/mol. The van der Waals surface area contributed by atoms with Gasteiger partial charge < -0.3 is 14.0 Å². The minimum Gasteiger partial charge on any atom is -0.496 e. The van der Waals surface area contributed by atoms with Gasteiger partial charge in [0, 0.05) is 6.54 Å². The fraction of sp³-hybridized carbons (Fsp3) is 0.250. The Morgan fingerprint density at radius 2 is 1.78 bits per heavy atom. The van der Waals surface area contributed by atoms with Crippen LogP contribution in [0.1, 0.15) is 5.56 Å². The molecule has 6 nitrogen and oxygen atoms in total. The molecule has 1 aromatic heterocycles. The van der Waals surface area contributed by atoms with Crippen LogP contribution in [0.2, 0.25) is 0 Å². The van der Waals surface area contributed by atoms with Crippen LogP contribution in [0.4, 0.5) is 0 Å². The third-order valence-electron chi connectivity index (χ3n) is 4.08. The third kappa shape index (κ3) is 4.68. The highest BCUT2D eigenvalue weighted by atomic mass is 32.2. The van der Waals surface area contributed by atoms with Gasteiger partial charge in [0.25, 0.3) is 0 Å². The Morgan fingerprint density at radius 1 is 1.04 bits per heavy atom. The number of para-hydroxylation sites is 1. The predicted molar refractivity (Wildman–Crippen MR) is 105 cm³/mol. The smallest absolute Gasteiger partial charge is 0.316 e. The fourth-order valence-corrected chi connectivity index (χ4v) is 3.49. The molecule has 0 aliphatic heterocycles. The van der Waals surface area contributed by atoms with Gasteiger partial charge in [0.1, 0.15) is 5.75 Å². The summed E-state index contributed by atoms with van der Waals surface area (Å²) in [5.74, 6) is 1.34. The van der Waals surface area contributed by atoms with E-state index >= 15 is 0 Å². The molecule has 0 aliphatic rings. The van der Waals surface area contributed by atoms with Crippen molar-refractivity contribution in [3.63, 3.8) is 0 Å². The summed E-state index contributed by atoms with van der Waals surface area (Å²) < 4.78 is 12.2. The second-order valence-corrected chi connectivity index (χ2v) is 6.70. The summed E-state index contributed by atoms with van der Waals surface area (Å²) in [5.41, 5.74) is 2.09. The SMILES string of the molecule is COC(=O)CSc1nnc(-c2ccccc2OC)n1CCc1ccccc1. The number of rotatable bonds is 8. The summed E-state index contributed by atoms with van der Waals surface area (Å²) in [4.78, 5) is 11.5. The van der Waals surface area contributed by atoms with Gasteiger partial charge in [0.15, 0.2) is 11.0 Å². The minimum atomic E-state index is -0.295. The Labute approximate surface area is 162 Å². The monoisotopic (exact) mass is 383 g/mol. The number of esters is 1. The van der Waals surface area contributed by atoms with E-state index in [1.165, 1.54) is 24.4 Å². The maximum Gasteiger partial charge on any atom is 0.316 e. The molecule has 0 fully saturated rings.